The minimum Gasteiger partial charge on any atom is -0.324 e. The van der Waals surface area contributed by atoms with Crippen molar-refractivity contribution >= 4 is 35.1 Å². The van der Waals surface area contributed by atoms with Crippen LogP contribution in [0.15, 0.2) is 54.6 Å². The van der Waals surface area contributed by atoms with Crippen LogP contribution in [-0.2, 0) is 4.79 Å². The molecule has 0 saturated heterocycles. The molecule has 4 rings (SSSR count). The maximum Gasteiger partial charge on any atom is 0.250 e. The van der Waals surface area contributed by atoms with Crippen LogP contribution in [0.4, 0.5) is 11.9 Å². The summed E-state index contributed by atoms with van der Waals surface area (Å²) in [5.41, 5.74) is 4.21. The summed E-state index contributed by atoms with van der Waals surface area (Å²) in [5.74, 6) is 0.574. The number of anilines is 2. The van der Waals surface area contributed by atoms with Gasteiger partial charge in [-0.25, -0.2) is 4.68 Å². The quantitative estimate of drug-likeness (QED) is 0.645. The number of hydrogen-bond acceptors (Lipinski definition) is 4. The van der Waals surface area contributed by atoms with Crippen LogP contribution in [0.3, 0.4) is 0 Å². The number of carbonyl (C=O) groups is 1. The van der Waals surface area contributed by atoms with E-state index in [0.29, 0.717) is 11.0 Å². The van der Waals surface area contributed by atoms with Crippen LogP contribution in [0.25, 0.3) is 5.70 Å². The highest BCUT2D eigenvalue weighted by Gasteiger charge is 2.26. The molecule has 0 spiro atoms. The van der Waals surface area contributed by atoms with Gasteiger partial charge in [0, 0.05) is 16.6 Å². The van der Waals surface area contributed by atoms with E-state index in [9.17, 15) is 4.79 Å². The van der Waals surface area contributed by atoms with Gasteiger partial charge < -0.3 is 5.32 Å². The average Bonchev–Trinajstić information content (AvgIpc) is 3.10. The van der Waals surface area contributed by atoms with Gasteiger partial charge in [0.25, 0.3) is 5.95 Å². The van der Waals surface area contributed by atoms with Gasteiger partial charge in [-0.2, -0.15) is 4.98 Å². The largest absolute Gasteiger partial charge is 0.324 e. The van der Waals surface area contributed by atoms with Crippen LogP contribution in [0.5, 0.6) is 0 Å². The molecule has 0 bridgehead atoms. The van der Waals surface area contributed by atoms with Crippen molar-refractivity contribution in [1.82, 2.24) is 14.8 Å². The average molecular weight is 408 g/mol. The Morgan fingerprint density at radius 1 is 1.14 bits per heavy atom. The summed E-state index contributed by atoms with van der Waals surface area (Å²) in [6.07, 6.45) is 2.10. The van der Waals surface area contributed by atoms with E-state index in [1.807, 2.05) is 38.1 Å². The fourth-order valence-electron chi connectivity index (χ4n) is 3.10. The van der Waals surface area contributed by atoms with Crippen LogP contribution in [0.2, 0.25) is 5.02 Å². The second-order valence-corrected chi connectivity index (χ2v) is 7.85. The maximum atomic E-state index is 12.1. The molecule has 2 aromatic carbocycles. The molecule has 2 heterocycles. The zero-order valence-corrected chi connectivity index (χ0v) is 17.2. The van der Waals surface area contributed by atoms with Gasteiger partial charge in [-0.3, -0.25) is 10.1 Å². The number of aryl methyl sites for hydroxylation is 1. The second kappa shape index (κ2) is 7.72. The highest BCUT2D eigenvalue weighted by Crippen LogP contribution is 2.33. The maximum absolute atomic E-state index is 12.1. The van der Waals surface area contributed by atoms with Crippen molar-refractivity contribution in [2.45, 2.75) is 26.8 Å². The van der Waals surface area contributed by atoms with Gasteiger partial charge in [0.2, 0.25) is 11.9 Å². The number of halogens is 1. The first kappa shape index (κ1) is 19.2. The van der Waals surface area contributed by atoms with Gasteiger partial charge in [0.05, 0.1) is 0 Å². The molecular formula is C22H22ClN5O. The van der Waals surface area contributed by atoms with Crippen LogP contribution >= 0.6 is 11.6 Å². The van der Waals surface area contributed by atoms with Crippen molar-refractivity contribution in [2.24, 2.45) is 5.92 Å². The van der Waals surface area contributed by atoms with Gasteiger partial charge in [0.15, 0.2) is 0 Å². The molecule has 6 nitrogen and oxygen atoms in total. The number of carbonyl (C=O) groups excluding carboxylic acids is 1. The standard InChI is InChI=1S/C22H22ClN5O/c1-13(2)20(29)25-21-26-22-24-18(15-6-4-14(3)5-7-15)12-19(28(22)27-21)16-8-10-17(23)11-9-16/h4-13,19H,1-3H3,(H2,24,25,26,27,29)/t19-/m0/s1. The zero-order valence-electron chi connectivity index (χ0n) is 16.5. The van der Waals surface area contributed by atoms with E-state index in [2.05, 4.69) is 58.0 Å². The molecule has 0 radical (unpaired) electrons. The molecule has 1 amide bonds. The van der Waals surface area contributed by atoms with Crippen LogP contribution in [-0.4, -0.2) is 20.7 Å². The van der Waals surface area contributed by atoms with E-state index < -0.39 is 0 Å². The predicted octanol–water partition coefficient (Wildman–Crippen LogP) is 4.89. The number of amides is 1. The van der Waals surface area contributed by atoms with E-state index >= 15 is 0 Å². The lowest BCUT2D eigenvalue weighted by Gasteiger charge is -2.24. The van der Waals surface area contributed by atoms with E-state index in [4.69, 9.17) is 11.6 Å². The molecule has 29 heavy (non-hydrogen) atoms. The monoisotopic (exact) mass is 407 g/mol. The molecule has 0 aliphatic carbocycles. The fraction of sp³-hybridized carbons (Fsp3) is 0.227. The Hall–Kier alpha value is -3.12. The summed E-state index contributed by atoms with van der Waals surface area (Å²) in [5, 5.41) is 11.3. The third-order valence-electron chi connectivity index (χ3n) is 4.80. The van der Waals surface area contributed by atoms with Crippen molar-refractivity contribution in [3.8, 4) is 0 Å². The van der Waals surface area contributed by atoms with E-state index in [1.165, 1.54) is 5.56 Å². The Bertz CT molecular complexity index is 1070. The Kier molecular flexibility index (Phi) is 5.11. The van der Waals surface area contributed by atoms with E-state index in [0.717, 1.165) is 16.8 Å². The molecule has 148 valence electrons. The summed E-state index contributed by atoms with van der Waals surface area (Å²) in [6, 6.07) is 15.8. The number of fused-ring (bicyclic) bond motifs is 1. The molecule has 0 fully saturated rings. The number of nitrogens with one attached hydrogen (secondary N) is 2. The van der Waals surface area contributed by atoms with Gasteiger partial charge in [0.1, 0.15) is 6.04 Å². The first-order chi connectivity index (χ1) is 13.9. The first-order valence-electron chi connectivity index (χ1n) is 9.49. The van der Waals surface area contributed by atoms with Crippen LogP contribution in [0, 0.1) is 12.8 Å². The summed E-state index contributed by atoms with van der Waals surface area (Å²) in [6.45, 7) is 5.72. The third-order valence-corrected chi connectivity index (χ3v) is 5.05. The molecule has 7 heteroatoms. The minimum atomic E-state index is -0.183. The number of benzene rings is 2. The van der Waals surface area contributed by atoms with Gasteiger partial charge >= 0.3 is 0 Å². The van der Waals surface area contributed by atoms with E-state index in [-0.39, 0.29) is 23.8 Å². The molecule has 1 aliphatic rings. The fourth-order valence-corrected chi connectivity index (χ4v) is 3.23. The minimum absolute atomic E-state index is 0.122. The normalized spacial score (nSPS) is 15.5. The number of hydrogen-bond donors (Lipinski definition) is 2. The summed E-state index contributed by atoms with van der Waals surface area (Å²) in [4.78, 5) is 16.6. The molecule has 1 aliphatic heterocycles. The number of aromatic nitrogens is 3. The lowest BCUT2D eigenvalue weighted by atomic mass is 10.0. The van der Waals surface area contributed by atoms with Crippen LogP contribution < -0.4 is 10.6 Å². The number of nitrogens with zero attached hydrogens (tertiary/aromatic N) is 3. The van der Waals surface area contributed by atoms with Gasteiger partial charge in [-0.1, -0.05) is 67.4 Å². The molecule has 0 unspecified atom stereocenters. The lowest BCUT2D eigenvalue weighted by molar-refractivity contribution is -0.118. The highest BCUT2D eigenvalue weighted by molar-refractivity contribution is 6.30. The van der Waals surface area contributed by atoms with Crippen molar-refractivity contribution in [1.29, 1.82) is 0 Å². The first-order valence-corrected chi connectivity index (χ1v) is 9.87. The summed E-state index contributed by atoms with van der Waals surface area (Å²) >= 11 is 6.07. The van der Waals surface area contributed by atoms with Crippen molar-refractivity contribution < 1.29 is 4.79 Å². The lowest BCUT2D eigenvalue weighted by Crippen LogP contribution is -2.20. The topological polar surface area (TPSA) is 71.8 Å². The Labute approximate surface area is 174 Å². The van der Waals surface area contributed by atoms with Crippen molar-refractivity contribution in [3.05, 3.63) is 76.3 Å². The SMILES string of the molecule is Cc1ccc(C2=C[C@@H](c3ccc(Cl)cc3)n3nc(NC(=O)C(C)C)nc3N2)cc1. The molecule has 1 atom stereocenters. The predicted molar refractivity (Wildman–Crippen MR) is 116 cm³/mol. The molecule has 0 saturated carbocycles. The molecule has 3 aromatic rings. The molecular weight excluding hydrogens is 386 g/mol. The zero-order chi connectivity index (χ0) is 20.5. The molecule has 2 N–H and O–H groups in total. The van der Waals surface area contributed by atoms with Gasteiger partial charge in [-0.15, -0.1) is 5.10 Å². The summed E-state index contributed by atoms with van der Waals surface area (Å²) < 4.78 is 1.77. The third kappa shape index (κ3) is 4.03. The van der Waals surface area contributed by atoms with Gasteiger partial charge in [-0.05, 0) is 36.3 Å². The highest BCUT2D eigenvalue weighted by atomic mass is 35.5. The Morgan fingerprint density at radius 3 is 2.48 bits per heavy atom. The van der Waals surface area contributed by atoms with Crippen molar-refractivity contribution in [2.75, 3.05) is 10.6 Å². The van der Waals surface area contributed by atoms with Crippen LogP contribution in [0.1, 0.15) is 36.6 Å². The molecule has 1 aromatic heterocycles. The Balaban J connectivity index is 1.75. The second-order valence-electron chi connectivity index (χ2n) is 7.42. The van der Waals surface area contributed by atoms with Crippen molar-refractivity contribution in [3.63, 3.8) is 0 Å². The number of allylic oxidation sites excluding steroid dienone is 1. The van der Waals surface area contributed by atoms with E-state index in [1.54, 1.807) is 4.68 Å². The Morgan fingerprint density at radius 2 is 1.83 bits per heavy atom. The summed E-state index contributed by atoms with van der Waals surface area (Å²) in [7, 11) is 0. The number of rotatable bonds is 4. The smallest absolute Gasteiger partial charge is 0.250 e.